The fourth-order valence-corrected chi connectivity index (χ4v) is 4.57. The Balaban J connectivity index is 1.94. The average Bonchev–Trinajstić information content (AvgIpc) is 3.31. The first-order valence-corrected chi connectivity index (χ1v) is 12.0. The van der Waals surface area contributed by atoms with Gasteiger partial charge < -0.3 is 15.1 Å². The van der Waals surface area contributed by atoms with Gasteiger partial charge in [0.1, 0.15) is 0 Å². The summed E-state index contributed by atoms with van der Waals surface area (Å²) in [7, 11) is 4.01. The van der Waals surface area contributed by atoms with Crippen LogP contribution in [0.1, 0.15) is 70.5 Å². The molecule has 2 aromatic carbocycles. The first-order chi connectivity index (χ1) is 15.6. The molecule has 3 rings (SSSR count). The summed E-state index contributed by atoms with van der Waals surface area (Å²) in [6, 6.07) is 16.1. The largest absolute Gasteiger partial charge is 0.377 e. The Morgan fingerprint density at radius 2 is 1.67 bits per heavy atom. The van der Waals surface area contributed by atoms with Crippen LogP contribution in [0.4, 0.5) is 11.4 Å². The van der Waals surface area contributed by atoms with E-state index in [0.29, 0.717) is 6.54 Å². The molecule has 0 aromatic heterocycles. The third-order valence-electron chi connectivity index (χ3n) is 6.55. The van der Waals surface area contributed by atoms with Crippen molar-refractivity contribution in [3.05, 3.63) is 59.7 Å². The molecule has 33 heavy (non-hydrogen) atoms. The minimum absolute atomic E-state index is 0.0790. The highest BCUT2D eigenvalue weighted by molar-refractivity contribution is 5.93. The minimum Gasteiger partial charge on any atom is -0.377 e. The molecule has 0 bridgehead atoms. The quantitative estimate of drug-likeness (QED) is 0.562. The predicted octanol–water partition coefficient (Wildman–Crippen LogP) is 6.02. The normalized spacial score (nSPS) is 15.2. The van der Waals surface area contributed by atoms with Crippen LogP contribution in [-0.2, 0) is 16.1 Å². The van der Waals surface area contributed by atoms with Crippen molar-refractivity contribution in [3.63, 3.8) is 0 Å². The molecular formula is C28H39N3O2. The molecule has 2 aromatic rings. The maximum absolute atomic E-state index is 13.5. The summed E-state index contributed by atoms with van der Waals surface area (Å²) < 4.78 is 0. The Kier molecular flexibility index (Phi) is 7.83. The molecule has 5 heteroatoms. The molecule has 0 spiro atoms. The van der Waals surface area contributed by atoms with E-state index in [1.54, 1.807) is 0 Å². The number of hydrogen-bond acceptors (Lipinski definition) is 3. The fourth-order valence-electron chi connectivity index (χ4n) is 4.57. The molecule has 0 saturated heterocycles. The zero-order chi connectivity index (χ0) is 24.2. The zero-order valence-corrected chi connectivity index (χ0v) is 21.0. The van der Waals surface area contributed by atoms with Crippen LogP contribution in [0.15, 0.2) is 48.5 Å². The van der Waals surface area contributed by atoms with E-state index < -0.39 is 5.41 Å². The summed E-state index contributed by atoms with van der Waals surface area (Å²) in [5, 5.41) is 3.12. The van der Waals surface area contributed by atoms with Crippen LogP contribution in [0.5, 0.6) is 0 Å². The van der Waals surface area contributed by atoms with Crippen LogP contribution in [0.3, 0.4) is 0 Å². The van der Waals surface area contributed by atoms with Crippen LogP contribution in [-0.4, -0.2) is 30.8 Å². The number of hydrogen-bond donors (Lipinski definition) is 1. The lowest BCUT2D eigenvalue weighted by Gasteiger charge is -2.36. The number of carbonyl (C=O) groups excluding carboxylic acids is 2. The van der Waals surface area contributed by atoms with Gasteiger partial charge >= 0.3 is 0 Å². The van der Waals surface area contributed by atoms with Gasteiger partial charge in [0, 0.05) is 43.3 Å². The maximum Gasteiger partial charge on any atom is 0.228 e. The van der Waals surface area contributed by atoms with E-state index in [0.717, 1.165) is 48.2 Å². The van der Waals surface area contributed by atoms with Crippen LogP contribution in [0.25, 0.3) is 0 Å². The highest BCUT2D eigenvalue weighted by atomic mass is 16.2. The molecule has 0 aliphatic heterocycles. The maximum atomic E-state index is 13.5. The highest BCUT2D eigenvalue weighted by Gasteiger charge is 2.32. The van der Waals surface area contributed by atoms with Crippen LogP contribution >= 0.6 is 0 Å². The van der Waals surface area contributed by atoms with Gasteiger partial charge in [0.2, 0.25) is 11.8 Å². The third-order valence-corrected chi connectivity index (χ3v) is 6.55. The molecule has 0 radical (unpaired) electrons. The summed E-state index contributed by atoms with van der Waals surface area (Å²) in [6.07, 6.45) is 4.20. The Bertz CT molecular complexity index is 957. The van der Waals surface area contributed by atoms with Crippen LogP contribution in [0, 0.1) is 11.3 Å². The molecule has 1 saturated carbocycles. The third kappa shape index (κ3) is 6.16. The van der Waals surface area contributed by atoms with Crippen molar-refractivity contribution in [2.45, 2.75) is 66.0 Å². The summed E-state index contributed by atoms with van der Waals surface area (Å²) >= 11 is 0. The van der Waals surface area contributed by atoms with Crippen molar-refractivity contribution < 1.29 is 9.59 Å². The molecule has 5 nitrogen and oxygen atoms in total. The van der Waals surface area contributed by atoms with E-state index in [1.807, 2.05) is 76.2 Å². The van der Waals surface area contributed by atoms with E-state index in [1.165, 1.54) is 0 Å². The molecule has 1 atom stereocenters. The molecule has 178 valence electrons. The number of amides is 2. The topological polar surface area (TPSA) is 52.7 Å². The van der Waals surface area contributed by atoms with E-state index >= 15 is 0 Å². The van der Waals surface area contributed by atoms with Gasteiger partial charge in [-0.2, -0.15) is 0 Å². The van der Waals surface area contributed by atoms with E-state index in [-0.39, 0.29) is 23.8 Å². The van der Waals surface area contributed by atoms with Crippen LogP contribution in [0.2, 0.25) is 0 Å². The van der Waals surface area contributed by atoms with Crippen LogP contribution < -0.4 is 10.2 Å². The molecule has 1 aliphatic rings. The second-order valence-electron chi connectivity index (χ2n) is 10.5. The number of carbonyl (C=O) groups is 2. The predicted molar refractivity (Wildman–Crippen MR) is 136 cm³/mol. The van der Waals surface area contributed by atoms with Gasteiger partial charge in [0.15, 0.2) is 0 Å². The molecule has 1 N–H and O–H groups in total. The number of anilines is 2. The van der Waals surface area contributed by atoms with Gasteiger partial charge in [0.25, 0.3) is 0 Å². The second kappa shape index (κ2) is 10.4. The van der Waals surface area contributed by atoms with E-state index in [2.05, 4.69) is 29.3 Å². The minimum atomic E-state index is -0.504. The number of benzene rings is 2. The smallest absolute Gasteiger partial charge is 0.228 e. The number of nitrogens with one attached hydrogen (secondary N) is 1. The first-order valence-electron chi connectivity index (χ1n) is 12.0. The van der Waals surface area contributed by atoms with Gasteiger partial charge in [-0.1, -0.05) is 63.9 Å². The van der Waals surface area contributed by atoms with Crippen molar-refractivity contribution in [2.24, 2.45) is 11.3 Å². The number of rotatable bonds is 7. The van der Waals surface area contributed by atoms with Crippen molar-refractivity contribution in [1.82, 2.24) is 4.90 Å². The van der Waals surface area contributed by atoms with Gasteiger partial charge in [-0.3, -0.25) is 9.59 Å². The summed E-state index contributed by atoms with van der Waals surface area (Å²) in [4.78, 5) is 30.3. The highest BCUT2D eigenvalue weighted by Crippen LogP contribution is 2.32. The lowest BCUT2D eigenvalue weighted by Crippen LogP contribution is -2.40. The molecule has 0 heterocycles. The standard InChI is InChI=1S/C28H39N3O2/c1-20(21-12-8-7-9-13-21)31(27(33)28(2,3)4)19-23-18-24(16-17-25(23)30(5)6)29-26(32)22-14-10-11-15-22/h7-9,12-13,16-18,20,22H,10-11,14-15,19H2,1-6H3,(H,29,32)/t20-/m0/s1. The SMILES string of the molecule is C[C@@H](c1ccccc1)N(Cc1cc(NC(=O)C2CCCC2)ccc1N(C)C)C(=O)C(C)(C)C. The summed E-state index contributed by atoms with van der Waals surface area (Å²) in [5.41, 5.74) is 3.45. The van der Waals surface area contributed by atoms with E-state index in [4.69, 9.17) is 0 Å². The molecular weight excluding hydrogens is 410 g/mol. The molecule has 1 aliphatic carbocycles. The van der Waals surface area contributed by atoms with Gasteiger partial charge in [-0.25, -0.2) is 0 Å². The number of nitrogens with zero attached hydrogens (tertiary/aromatic N) is 2. The van der Waals surface area contributed by atoms with Gasteiger partial charge in [0.05, 0.1) is 6.04 Å². The fraction of sp³-hybridized carbons (Fsp3) is 0.500. The Morgan fingerprint density at radius 1 is 1.03 bits per heavy atom. The Labute approximate surface area is 199 Å². The Hall–Kier alpha value is -2.82. The first kappa shape index (κ1) is 24.8. The van der Waals surface area contributed by atoms with Crippen molar-refractivity contribution in [2.75, 3.05) is 24.3 Å². The molecule has 2 amide bonds. The van der Waals surface area contributed by atoms with Gasteiger partial charge in [-0.05, 0) is 49.1 Å². The second-order valence-corrected chi connectivity index (χ2v) is 10.5. The molecule has 0 unspecified atom stereocenters. The summed E-state index contributed by atoms with van der Waals surface area (Å²) in [6.45, 7) is 8.44. The van der Waals surface area contributed by atoms with Crippen molar-refractivity contribution in [1.29, 1.82) is 0 Å². The summed E-state index contributed by atoms with van der Waals surface area (Å²) in [5.74, 6) is 0.319. The lowest BCUT2D eigenvalue weighted by atomic mass is 9.92. The Morgan fingerprint density at radius 3 is 2.24 bits per heavy atom. The average molecular weight is 450 g/mol. The monoisotopic (exact) mass is 449 g/mol. The van der Waals surface area contributed by atoms with Crippen molar-refractivity contribution in [3.8, 4) is 0 Å². The lowest BCUT2D eigenvalue weighted by molar-refractivity contribution is -0.142. The molecule has 1 fully saturated rings. The zero-order valence-electron chi connectivity index (χ0n) is 21.0. The van der Waals surface area contributed by atoms with Crippen molar-refractivity contribution >= 4 is 23.2 Å². The van der Waals surface area contributed by atoms with Gasteiger partial charge in [-0.15, -0.1) is 0 Å². The van der Waals surface area contributed by atoms with E-state index in [9.17, 15) is 9.59 Å².